The summed E-state index contributed by atoms with van der Waals surface area (Å²) in [6.07, 6.45) is 1.66. The second-order valence-corrected chi connectivity index (χ2v) is 5.08. The molecule has 0 radical (unpaired) electrons. The number of ether oxygens (including phenoxy) is 1. The van der Waals surface area contributed by atoms with Gasteiger partial charge in [0.1, 0.15) is 0 Å². The molecule has 0 unspecified atom stereocenters. The maximum atomic E-state index is 12.7. The predicted molar refractivity (Wildman–Crippen MR) is 74.4 cm³/mol. The van der Waals surface area contributed by atoms with Crippen LogP contribution in [0.5, 0.6) is 0 Å². The second kappa shape index (κ2) is 5.10. The van der Waals surface area contributed by atoms with Gasteiger partial charge in [-0.3, -0.25) is 9.78 Å². The van der Waals surface area contributed by atoms with E-state index in [-0.39, 0.29) is 11.7 Å². The number of aromatic nitrogens is 1. The molecule has 1 aliphatic rings. The summed E-state index contributed by atoms with van der Waals surface area (Å²) in [5.74, 6) is 0.337. The number of aryl methyl sites for hydroxylation is 1. The number of benzene rings is 1. The average Bonchev–Trinajstić information content (AvgIpc) is 2.46. The van der Waals surface area contributed by atoms with Gasteiger partial charge in [-0.05, 0) is 31.9 Å². The summed E-state index contributed by atoms with van der Waals surface area (Å²) in [5.41, 5.74) is 2.61. The number of hydrogen-bond donors (Lipinski definition) is 0. The largest absolute Gasteiger partial charge is 0.381 e. The molecule has 1 aromatic heterocycles. The highest BCUT2D eigenvalue weighted by atomic mass is 16.5. The van der Waals surface area contributed by atoms with Gasteiger partial charge < -0.3 is 4.74 Å². The number of ketones is 1. The minimum absolute atomic E-state index is 0.0963. The smallest absolute Gasteiger partial charge is 0.166 e. The first-order valence-electron chi connectivity index (χ1n) is 6.74. The zero-order valence-electron chi connectivity index (χ0n) is 11.1. The molecule has 3 rings (SSSR count). The van der Waals surface area contributed by atoms with Crippen LogP contribution in [0.15, 0.2) is 30.3 Å². The van der Waals surface area contributed by atoms with Crippen LogP contribution >= 0.6 is 0 Å². The minimum Gasteiger partial charge on any atom is -0.381 e. The monoisotopic (exact) mass is 255 g/mol. The van der Waals surface area contributed by atoms with Gasteiger partial charge in [0.15, 0.2) is 5.78 Å². The lowest BCUT2D eigenvalue weighted by Crippen LogP contribution is -2.23. The molecule has 0 bridgehead atoms. The summed E-state index contributed by atoms with van der Waals surface area (Å²) in [5, 5.41) is 0.963. The van der Waals surface area contributed by atoms with Crippen molar-refractivity contribution in [1.82, 2.24) is 4.98 Å². The third-order valence-corrected chi connectivity index (χ3v) is 3.70. The Kier molecular flexibility index (Phi) is 3.30. The van der Waals surface area contributed by atoms with Crippen molar-refractivity contribution in [3.63, 3.8) is 0 Å². The lowest BCUT2D eigenvalue weighted by molar-refractivity contribution is 0.0546. The molecule has 0 saturated carbocycles. The molecule has 3 nitrogen and oxygen atoms in total. The van der Waals surface area contributed by atoms with Gasteiger partial charge >= 0.3 is 0 Å². The second-order valence-electron chi connectivity index (χ2n) is 5.08. The van der Waals surface area contributed by atoms with Crippen molar-refractivity contribution in [3.8, 4) is 0 Å². The molecule has 0 aliphatic carbocycles. The summed E-state index contributed by atoms with van der Waals surface area (Å²) < 4.78 is 5.33. The molecule has 0 N–H and O–H groups in total. The summed E-state index contributed by atoms with van der Waals surface area (Å²) >= 11 is 0. The van der Waals surface area contributed by atoms with Gasteiger partial charge in [0.25, 0.3) is 0 Å². The molecule has 1 aliphatic heterocycles. The van der Waals surface area contributed by atoms with E-state index in [1.54, 1.807) is 0 Å². The Morgan fingerprint density at radius 2 is 2.00 bits per heavy atom. The van der Waals surface area contributed by atoms with Crippen LogP contribution in [0.1, 0.15) is 28.9 Å². The first-order chi connectivity index (χ1) is 9.25. The van der Waals surface area contributed by atoms with Crippen LogP contribution in [0.25, 0.3) is 10.9 Å². The summed E-state index contributed by atoms with van der Waals surface area (Å²) in [4.78, 5) is 17.2. The van der Waals surface area contributed by atoms with Gasteiger partial charge in [-0.25, -0.2) is 0 Å². The fourth-order valence-electron chi connectivity index (χ4n) is 2.69. The molecule has 3 heteroatoms. The fourth-order valence-corrected chi connectivity index (χ4v) is 2.69. The van der Waals surface area contributed by atoms with Crippen molar-refractivity contribution in [1.29, 1.82) is 0 Å². The van der Waals surface area contributed by atoms with Crippen LogP contribution in [0.3, 0.4) is 0 Å². The molecule has 0 amide bonds. The summed E-state index contributed by atoms with van der Waals surface area (Å²) in [6, 6.07) is 9.77. The number of carbonyl (C=O) groups is 1. The molecule has 1 aromatic carbocycles. The van der Waals surface area contributed by atoms with E-state index < -0.39 is 0 Å². The predicted octanol–water partition coefficient (Wildman–Crippen LogP) is 3.15. The van der Waals surface area contributed by atoms with E-state index >= 15 is 0 Å². The Morgan fingerprint density at radius 3 is 2.79 bits per heavy atom. The first kappa shape index (κ1) is 12.3. The maximum Gasteiger partial charge on any atom is 0.166 e. The Balaban J connectivity index is 2.05. The maximum absolute atomic E-state index is 12.7. The SMILES string of the molecule is Cc1cc(C(=O)C2CCOCC2)c2ccccc2n1. The highest BCUT2D eigenvalue weighted by molar-refractivity contribution is 6.08. The Morgan fingerprint density at radius 1 is 1.26 bits per heavy atom. The van der Waals surface area contributed by atoms with E-state index in [9.17, 15) is 4.79 Å². The molecule has 0 atom stereocenters. The first-order valence-corrected chi connectivity index (χ1v) is 6.74. The Labute approximate surface area is 112 Å². The number of carbonyl (C=O) groups excluding carboxylic acids is 1. The minimum atomic E-state index is 0.0963. The van der Waals surface area contributed by atoms with Crippen molar-refractivity contribution >= 4 is 16.7 Å². The highest BCUT2D eigenvalue weighted by Crippen LogP contribution is 2.25. The number of rotatable bonds is 2. The molecule has 98 valence electrons. The average molecular weight is 255 g/mol. The van der Waals surface area contributed by atoms with Gasteiger partial charge in [-0.2, -0.15) is 0 Å². The van der Waals surface area contributed by atoms with E-state index in [1.807, 2.05) is 37.3 Å². The molecule has 1 saturated heterocycles. The Hall–Kier alpha value is -1.74. The summed E-state index contributed by atoms with van der Waals surface area (Å²) in [7, 11) is 0. The van der Waals surface area contributed by atoms with Crippen LogP contribution in [0.2, 0.25) is 0 Å². The number of hydrogen-bond acceptors (Lipinski definition) is 3. The number of nitrogens with zero attached hydrogens (tertiary/aromatic N) is 1. The molecule has 1 fully saturated rings. The zero-order valence-corrected chi connectivity index (χ0v) is 11.1. The van der Waals surface area contributed by atoms with Crippen molar-refractivity contribution in [3.05, 3.63) is 41.6 Å². The molecule has 2 aromatic rings. The van der Waals surface area contributed by atoms with Crippen LogP contribution in [-0.4, -0.2) is 24.0 Å². The highest BCUT2D eigenvalue weighted by Gasteiger charge is 2.24. The van der Waals surface area contributed by atoms with Gasteiger partial charge in [0.05, 0.1) is 5.52 Å². The lowest BCUT2D eigenvalue weighted by Gasteiger charge is -2.21. The van der Waals surface area contributed by atoms with Gasteiger partial charge in [0.2, 0.25) is 0 Å². The lowest BCUT2D eigenvalue weighted by atomic mass is 9.89. The van der Waals surface area contributed by atoms with Crippen molar-refractivity contribution in [2.45, 2.75) is 19.8 Å². The topological polar surface area (TPSA) is 39.2 Å². The summed E-state index contributed by atoms with van der Waals surface area (Å²) in [6.45, 7) is 3.32. The van der Waals surface area contributed by atoms with Crippen molar-refractivity contribution < 1.29 is 9.53 Å². The van der Waals surface area contributed by atoms with Crippen molar-refractivity contribution in [2.75, 3.05) is 13.2 Å². The van der Waals surface area contributed by atoms with Gasteiger partial charge in [-0.15, -0.1) is 0 Å². The molecule has 19 heavy (non-hydrogen) atoms. The van der Waals surface area contributed by atoms with E-state index in [0.717, 1.165) is 35.0 Å². The standard InChI is InChI=1S/C16H17NO2/c1-11-10-14(13-4-2-3-5-15(13)17-11)16(18)12-6-8-19-9-7-12/h2-5,10,12H,6-9H2,1H3. The third kappa shape index (κ3) is 2.38. The number of pyridine rings is 1. The number of para-hydroxylation sites is 1. The molecule has 0 spiro atoms. The number of Topliss-reactive ketones (excluding diaryl/α,β-unsaturated/α-hetero) is 1. The fraction of sp³-hybridized carbons (Fsp3) is 0.375. The van der Waals surface area contributed by atoms with E-state index in [4.69, 9.17) is 4.74 Å². The van der Waals surface area contributed by atoms with Gasteiger partial charge in [0, 0.05) is 35.8 Å². The van der Waals surface area contributed by atoms with Crippen LogP contribution < -0.4 is 0 Å². The van der Waals surface area contributed by atoms with Crippen LogP contribution in [0.4, 0.5) is 0 Å². The normalized spacial score (nSPS) is 16.7. The molecular weight excluding hydrogens is 238 g/mol. The Bertz CT molecular complexity index is 615. The molecular formula is C16H17NO2. The van der Waals surface area contributed by atoms with Crippen LogP contribution in [0, 0.1) is 12.8 Å². The quantitative estimate of drug-likeness (QED) is 0.774. The van der Waals surface area contributed by atoms with E-state index in [0.29, 0.717) is 13.2 Å². The van der Waals surface area contributed by atoms with Crippen molar-refractivity contribution in [2.24, 2.45) is 5.92 Å². The zero-order chi connectivity index (χ0) is 13.2. The van der Waals surface area contributed by atoms with E-state index in [1.165, 1.54) is 0 Å². The number of fused-ring (bicyclic) bond motifs is 1. The molecule has 2 heterocycles. The van der Waals surface area contributed by atoms with Crippen LogP contribution in [-0.2, 0) is 4.74 Å². The third-order valence-electron chi connectivity index (χ3n) is 3.70. The van der Waals surface area contributed by atoms with Gasteiger partial charge in [-0.1, -0.05) is 18.2 Å². The van der Waals surface area contributed by atoms with E-state index in [2.05, 4.69) is 4.98 Å².